The zero-order valence-corrected chi connectivity index (χ0v) is 15.0. The van der Waals surface area contributed by atoms with E-state index in [4.69, 9.17) is 34.8 Å². The predicted molar refractivity (Wildman–Crippen MR) is 96.2 cm³/mol. The van der Waals surface area contributed by atoms with Crippen molar-refractivity contribution >= 4 is 52.4 Å². The molecule has 2 aromatic rings. The Morgan fingerprint density at radius 1 is 1.12 bits per heavy atom. The van der Waals surface area contributed by atoms with Crippen LogP contribution >= 0.6 is 34.8 Å². The van der Waals surface area contributed by atoms with Gasteiger partial charge in [0.2, 0.25) is 0 Å². The first-order valence-corrected chi connectivity index (χ1v) is 8.27. The molecule has 0 radical (unpaired) electrons. The Morgan fingerprint density at radius 3 is 2.54 bits per heavy atom. The number of hydrogen-bond acceptors (Lipinski definition) is 3. The van der Waals surface area contributed by atoms with Crippen molar-refractivity contribution in [1.29, 1.82) is 0 Å². The van der Waals surface area contributed by atoms with Gasteiger partial charge >= 0.3 is 6.03 Å². The highest BCUT2D eigenvalue weighted by molar-refractivity contribution is 6.42. The van der Waals surface area contributed by atoms with Gasteiger partial charge in [-0.2, -0.15) is 0 Å². The minimum Gasteiger partial charge on any atom is -0.307 e. The van der Waals surface area contributed by atoms with Crippen molar-refractivity contribution in [2.75, 3.05) is 5.32 Å². The quantitative estimate of drug-likeness (QED) is 0.730. The Bertz CT molecular complexity index is 781. The van der Waals surface area contributed by atoms with E-state index in [0.29, 0.717) is 5.69 Å². The topological polar surface area (TPSA) is 71.1 Å². The van der Waals surface area contributed by atoms with Crippen molar-refractivity contribution < 1.29 is 9.59 Å². The third-order valence-electron chi connectivity index (χ3n) is 3.14. The van der Waals surface area contributed by atoms with Gasteiger partial charge in [0.25, 0.3) is 5.91 Å². The van der Waals surface area contributed by atoms with Gasteiger partial charge < -0.3 is 5.32 Å². The van der Waals surface area contributed by atoms with Gasteiger partial charge in [-0.3, -0.25) is 10.1 Å². The van der Waals surface area contributed by atoms with Crippen LogP contribution in [-0.4, -0.2) is 16.9 Å². The Labute approximate surface area is 154 Å². The van der Waals surface area contributed by atoms with Crippen molar-refractivity contribution in [3.8, 4) is 0 Å². The molecule has 0 fully saturated rings. The standard InChI is InChI=1S/C16H14Cl3N3O2/c1-2-5-9-6-3-4-7-12(9)20-16(24)22-15(23)10-8-11(17)14(19)21-13(10)18/h3-4,6-8H,2,5H2,1H3,(H2,20,22,23,24). The zero-order chi connectivity index (χ0) is 17.7. The van der Waals surface area contributed by atoms with Gasteiger partial charge in [0.15, 0.2) is 0 Å². The number of rotatable bonds is 4. The first kappa shape index (κ1) is 18.5. The molecule has 3 amide bonds. The highest BCUT2D eigenvalue weighted by Crippen LogP contribution is 2.25. The van der Waals surface area contributed by atoms with E-state index >= 15 is 0 Å². The molecule has 5 nitrogen and oxygen atoms in total. The molecular formula is C16H14Cl3N3O2. The molecular weight excluding hydrogens is 373 g/mol. The second kappa shape index (κ2) is 8.33. The van der Waals surface area contributed by atoms with E-state index in [1.807, 2.05) is 19.1 Å². The summed E-state index contributed by atoms with van der Waals surface area (Å²) in [5.41, 5.74) is 1.59. The molecule has 0 aliphatic carbocycles. The second-order valence-corrected chi connectivity index (χ2v) is 6.04. The van der Waals surface area contributed by atoms with Gasteiger partial charge in [-0.25, -0.2) is 9.78 Å². The maximum absolute atomic E-state index is 12.1. The molecule has 2 N–H and O–H groups in total. The second-order valence-electron chi connectivity index (χ2n) is 4.91. The fraction of sp³-hybridized carbons (Fsp3) is 0.188. The van der Waals surface area contributed by atoms with Crippen molar-refractivity contribution in [1.82, 2.24) is 10.3 Å². The number of halogens is 3. The van der Waals surface area contributed by atoms with Crippen LogP contribution in [0.15, 0.2) is 30.3 Å². The molecule has 0 atom stereocenters. The molecule has 1 aromatic heterocycles. The molecule has 1 aromatic carbocycles. The number of para-hydroxylation sites is 1. The van der Waals surface area contributed by atoms with Gasteiger partial charge in [-0.15, -0.1) is 0 Å². The SMILES string of the molecule is CCCc1ccccc1NC(=O)NC(=O)c1cc(Cl)c(Cl)nc1Cl. The molecule has 0 saturated carbocycles. The number of aromatic nitrogens is 1. The first-order valence-electron chi connectivity index (χ1n) is 7.14. The molecule has 0 aliphatic heterocycles. The number of imide groups is 1. The van der Waals surface area contributed by atoms with Gasteiger partial charge in [-0.05, 0) is 24.1 Å². The summed E-state index contributed by atoms with van der Waals surface area (Å²) in [4.78, 5) is 27.9. The summed E-state index contributed by atoms with van der Waals surface area (Å²) in [6.45, 7) is 2.04. The molecule has 0 bridgehead atoms. The molecule has 0 saturated heterocycles. The molecule has 24 heavy (non-hydrogen) atoms. The maximum Gasteiger partial charge on any atom is 0.326 e. The highest BCUT2D eigenvalue weighted by atomic mass is 35.5. The highest BCUT2D eigenvalue weighted by Gasteiger charge is 2.17. The zero-order valence-electron chi connectivity index (χ0n) is 12.7. The van der Waals surface area contributed by atoms with Crippen LogP contribution in [0.1, 0.15) is 29.3 Å². The number of anilines is 1. The lowest BCUT2D eigenvalue weighted by molar-refractivity contribution is 0.0967. The number of carbonyl (C=O) groups excluding carboxylic acids is 2. The fourth-order valence-corrected chi connectivity index (χ4v) is 2.62. The molecule has 0 aliphatic rings. The van der Waals surface area contributed by atoms with Crippen molar-refractivity contribution in [2.24, 2.45) is 0 Å². The summed E-state index contributed by atoms with van der Waals surface area (Å²) in [5, 5.41) is 4.75. The summed E-state index contributed by atoms with van der Waals surface area (Å²) < 4.78 is 0. The molecule has 1 heterocycles. The first-order chi connectivity index (χ1) is 11.4. The normalized spacial score (nSPS) is 10.3. The molecule has 126 valence electrons. The fourth-order valence-electron chi connectivity index (χ4n) is 2.06. The van der Waals surface area contributed by atoms with Crippen LogP contribution in [0.4, 0.5) is 10.5 Å². The summed E-state index contributed by atoms with van der Waals surface area (Å²) in [5.74, 6) is -0.725. The van der Waals surface area contributed by atoms with Gasteiger partial charge in [0.05, 0.1) is 10.6 Å². The number of urea groups is 1. The average molecular weight is 387 g/mol. The van der Waals surface area contributed by atoms with Crippen LogP contribution in [0.25, 0.3) is 0 Å². The monoisotopic (exact) mass is 385 g/mol. The summed E-state index contributed by atoms with van der Waals surface area (Å²) in [6, 6.07) is 7.96. The van der Waals surface area contributed by atoms with E-state index in [9.17, 15) is 9.59 Å². The van der Waals surface area contributed by atoms with Gasteiger partial charge in [0.1, 0.15) is 10.3 Å². The third kappa shape index (κ3) is 4.60. The van der Waals surface area contributed by atoms with Crippen molar-refractivity contribution in [2.45, 2.75) is 19.8 Å². The lowest BCUT2D eigenvalue weighted by Crippen LogP contribution is -2.34. The largest absolute Gasteiger partial charge is 0.326 e. The van der Waals surface area contributed by atoms with Crippen molar-refractivity contribution in [3.63, 3.8) is 0 Å². The molecule has 8 heteroatoms. The van der Waals surface area contributed by atoms with E-state index in [0.717, 1.165) is 18.4 Å². The van der Waals surface area contributed by atoms with E-state index in [1.165, 1.54) is 6.07 Å². The summed E-state index contributed by atoms with van der Waals surface area (Å²) >= 11 is 17.4. The van der Waals surface area contributed by atoms with Gasteiger partial charge in [0, 0.05) is 5.69 Å². The number of nitrogens with zero attached hydrogens (tertiary/aromatic N) is 1. The Kier molecular flexibility index (Phi) is 6.43. The average Bonchev–Trinajstić information content (AvgIpc) is 2.52. The maximum atomic E-state index is 12.1. The Morgan fingerprint density at radius 2 is 1.83 bits per heavy atom. The Hall–Kier alpha value is -1.82. The number of benzene rings is 1. The summed E-state index contributed by atoms with van der Waals surface area (Å²) in [7, 11) is 0. The van der Waals surface area contributed by atoms with Crippen LogP contribution in [-0.2, 0) is 6.42 Å². The Balaban J connectivity index is 2.10. The predicted octanol–water partition coefficient (Wildman–Crippen LogP) is 4.96. The van der Waals surface area contributed by atoms with E-state index in [-0.39, 0.29) is 20.9 Å². The molecule has 0 spiro atoms. The number of aryl methyl sites for hydroxylation is 1. The number of nitrogens with one attached hydrogen (secondary N) is 2. The number of carbonyl (C=O) groups is 2. The van der Waals surface area contributed by atoms with E-state index in [1.54, 1.807) is 12.1 Å². The molecule has 2 rings (SSSR count). The van der Waals surface area contributed by atoms with Crippen molar-refractivity contribution in [3.05, 3.63) is 56.8 Å². The van der Waals surface area contributed by atoms with Crippen LogP contribution in [0, 0.1) is 0 Å². The van der Waals surface area contributed by atoms with E-state index < -0.39 is 11.9 Å². The van der Waals surface area contributed by atoms with Crippen LogP contribution in [0.2, 0.25) is 15.3 Å². The van der Waals surface area contributed by atoms with Gasteiger partial charge in [-0.1, -0.05) is 66.3 Å². The summed E-state index contributed by atoms with van der Waals surface area (Å²) in [6.07, 6.45) is 1.75. The lowest BCUT2D eigenvalue weighted by atomic mass is 10.1. The van der Waals surface area contributed by atoms with Crippen LogP contribution < -0.4 is 10.6 Å². The van der Waals surface area contributed by atoms with Crippen LogP contribution in [0.5, 0.6) is 0 Å². The minimum atomic E-state index is -0.725. The lowest BCUT2D eigenvalue weighted by Gasteiger charge is -2.11. The number of hydrogen-bond donors (Lipinski definition) is 2. The minimum absolute atomic E-state index is 0.0174. The number of amides is 3. The van der Waals surface area contributed by atoms with Crippen LogP contribution in [0.3, 0.4) is 0 Å². The smallest absolute Gasteiger partial charge is 0.307 e. The van der Waals surface area contributed by atoms with E-state index in [2.05, 4.69) is 15.6 Å². The number of pyridine rings is 1. The third-order valence-corrected chi connectivity index (χ3v) is 4.10. The molecule has 0 unspecified atom stereocenters.